The number of pyridine rings is 1. The molecule has 190 valence electrons. The number of aryl methyl sites for hydroxylation is 1. The van der Waals surface area contributed by atoms with E-state index in [-0.39, 0.29) is 11.7 Å². The fourth-order valence-corrected chi connectivity index (χ4v) is 5.13. The molecule has 0 radical (unpaired) electrons. The van der Waals surface area contributed by atoms with Crippen LogP contribution in [0.5, 0.6) is 11.5 Å². The Morgan fingerprint density at radius 3 is 2.59 bits per heavy atom. The van der Waals surface area contributed by atoms with Crippen LogP contribution >= 0.6 is 0 Å². The molecule has 1 aliphatic rings. The maximum absolute atomic E-state index is 13.2. The Labute approximate surface area is 218 Å². The van der Waals surface area contributed by atoms with Crippen LogP contribution in [0.1, 0.15) is 54.4 Å². The summed E-state index contributed by atoms with van der Waals surface area (Å²) in [7, 11) is 0. The number of benzene rings is 3. The zero-order chi connectivity index (χ0) is 25.5. The first-order chi connectivity index (χ1) is 18.2. The van der Waals surface area contributed by atoms with E-state index in [0.29, 0.717) is 35.9 Å². The topological polar surface area (TPSA) is 71.5 Å². The van der Waals surface area contributed by atoms with Crippen LogP contribution in [0.15, 0.2) is 79.0 Å². The molecule has 1 aliphatic carbocycles. The molecule has 1 heterocycles. The van der Waals surface area contributed by atoms with Gasteiger partial charge in [0.25, 0.3) is 5.91 Å². The minimum Gasteiger partial charge on any atom is -0.506 e. The molecule has 0 atom stereocenters. The smallest absolute Gasteiger partial charge is 0.251 e. The number of rotatable bonds is 9. The second-order valence-electron chi connectivity index (χ2n) is 9.98. The van der Waals surface area contributed by atoms with Gasteiger partial charge in [-0.15, -0.1) is 0 Å². The van der Waals surface area contributed by atoms with E-state index in [9.17, 15) is 9.90 Å². The molecule has 5 rings (SSSR count). The third-order valence-electron chi connectivity index (χ3n) is 7.17. The molecule has 1 amide bonds. The Balaban J connectivity index is 1.36. The molecule has 4 aromatic rings. The fourth-order valence-electron chi connectivity index (χ4n) is 5.13. The second kappa shape index (κ2) is 11.9. The van der Waals surface area contributed by atoms with E-state index in [1.807, 2.05) is 54.6 Å². The van der Waals surface area contributed by atoms with Crippen LogP contribution in [-0.4, -0.2) is 29.1 Å². The molecule has 1 fully saturated rings. The molecule has 0 aliphatic heterocycles. The molecule has 3 aromatic carbocycles. The maximum Gasteiger partial charge on any atom is 0.251 e. The number of ether oxygens (including phenoxy) is 1. The number of nitrogens with zero attached hydrogens (tertiary/aromatic N) is 1. The number of hydrogen-bond acceptors (Lipinski definition) is 4. The van der Waals surface area contributed by atoms with E-state index in [0.717, 1.165) is 29.4 Å². The van der Waals surface area contributed by atoms with Gasteiger partial charge in [0.1, 0.15) is 17.0 Å². The summed E-state index contributed by atoms with van der Waals surface area (Å²) in [4.78, 5) is 17.4. The van der Waals surface area contributed by atoms with Gasteiger partial charge in [0, 0.05) is 23.7 Å². The predicted octanol–water partition coefficient (Wildman–Crippen LogP) is 6.93. The average molecular weight is 495 g/mol. The Hall–Kier alpha value is -3.86. The monoisotopic (exact) mass is 494 g/mol. The maximum atomic E-state index is 13.2. The second-order valence-corrected chi connectivity index (χ2v) is 9.98. The molecule has 1 saturated carbocycles. The SMILES string of the molecule is O=C(NCCCc1ccccc1)c1cc(OCC2CCCCC2)cc(-c2cc(O)c3ncccc3c2)c1. The van der Waals surface area contributed by atoms with Crippen molar-refractivity contribution in [3.63, 3.8) is 0 Å². The van der Waals surface area contributed by atoms with Crippen molar-refractivity contribution in [2.45, 2.75) is 44.9 Å². The summed E-state index contributed by atoms with van der Waals surface area (Å²) < 4.78 is 6.24. The lowest BCUT2D eigenvalue weighted by atomic mass is 9.90. The minimum atomic E-state index is -0.121. The number of nitrogens with one attached hydrogen (secondary N) is 1. The lowest BCUT2D eigenvalue weighted by Gasteiger charge is -2.22. The van der Waals surface area contributed by atoms with E-state index in [4.69, 9.17) is 4.74 Å². The van der Waals surface area contributed by atoms with E-state index in [1.54, 1.807) is 12.3 Å². The Morgan fingerprint density at radius 2 is 1.76 bits per heavy atom. The van der Waals surface area contributed by atoms with Gasteiger partial charge < -0.3 is 15.2 Å². The van der Waals surface area contributed by atoms with Gasteiger partial charge >= 0.3 is 0 Å². The number of phenols is 1. The van der Waals surface area contributed by atoms with Gasteiger partial charge in [-0.3, -0.25) is 9.78 Å². The van der Waals surface area contributed by atoms with Gasteiger partial charge in [-0.25, -0.2) is 0 Å². The van der Waals surface area contributed by atoms with Crippen molar-refractivity contribution in [2.24, 2.45) is 5.92 Å². The molecule has 0 unspecified atom stereocenters. The Morgan fingerprint density at radius 1 is 0.946 bits per heavy atom. The molecule has 5 nitrogen and oxygen atoms in total. The first kappa shape index (κ1) is 24.8. The number of amides is 1. The van der Waals surface area contributed by atoms with E-state index < -0.39 is 0 Å². The van der Waals surface area contributed by atoms with Gasteiger partial charge in [0.2, 0.25) is 0 Å². The van der Waals surface area contributed by atoms with E-state index in [2.05, 4.69) is 22.4 Å². The van der Waals surface area contributed by atoms with Crippen molar-refractivity contribution in [1.82, 2.24) is 10.3 Å². The van der Waals surface area contributed by atoms with Crippen molar-refractivity contribution >= 4 is 16.8 Å². The van der Waals surface area contributed by atoms with Crippen LogP contribution in [0.4, 0.5) is 0 Å². The number of phenolic OH excluding ortho intramolecular Hbond substituents is 1. The number of fused-ring (bicyclic) bond motifs is 1. The van der Waals surface area contributed by atoms with Gasteiger partial charge in [0.05, 0.1) is 6.61 Å². The molecule has 37 heavy (non-hydrogen) atoms. The van der Waals surface area contributed by atoms with Crippen LogP contribution in [-0.2, 0) is 6.42 Å². The Kier molecular flexibility index (Phi) is 7.99. The number of aromatic nitrogens is 1. The molecule has 0 spiro atoms. The summed E-state index contributed by atoms with van der Waals surface area (Å²) in [5.41, 5.74) is 4.03. The van der Waals surface area contributed by atoms with Crippen LogP contribution in [0.2, 0.25) is 0 Å². The van der Waals surface area contributed by atoms with E-state index in [1.165, 1.54) is 37.7 Å². The first-order valence-corrected chi connectivity index (χ1v) is 13.3. The average Bonchev–Trinajstić information content (AvgIpc) is 2.95. The molecule has 2 N–H and O–H groups in total. The highest BCUT2D eigenvalue weighted by Crippen LogP contribution is 2.33. The standard InChI is InChI=1S/C32H34N2O3/c35-30-21-27(17-25-14-8-15-33-31(25)30)26-18-28(20-29(19-26)37-22-24-11-5-2-6-12-24)32(36)34-16-7-13-23-9-3-1-4-10-23/h1,3-4,8-10,14-15,17-21,24,35H,2,5-7,11-13,16,22H2,(H,34,36). The number of carbonyl (C=O) groups is 1. The lowest BCUT2D eigenvalue weighted by Crippen LogP contribution is -2.25. The quantitative estimate of drug-likeness (QED) is 0.248. The largest absolute Gasteiger partial charge is 0.506 e. The third kappa shape index (κ3) is 6.48. The van der Waals surface area contributed by atoms with Crippen molar-refractivity contribution in [3.8, 4) is 22.6 Å². The number of hydrogen-bond donors (Lipinski definition) is 2. The van der Waals surface area contributed by atoms with Gasteiger partial charge in [-0.1, -0.05) is 55.7 Å². The van der Waals surface area contributed by atoms with Crippen molar-refractivity contribution in [1.29, 1.82) is 0 Å². The summed E-state index contributed by atoms with van der Waals surface area (Å²) in [5, 5.41) is 14.5. The van der Waals surface area contributed by atoms with Crippen LogP contribution < -0.4 is 10.1 Å². The highest BCUT2D eigenvalue weighted by Gasteiger charge is 2.16. The van der Waals surface area contributed by atoms with Crippen LogP contribution in [0.25, 0.3) is 22.0 Å². The minimum absolute atomic E-state index is 0.119. The normalized spacial score (nSPS) is 13.9. The summed E-state index contributed by atoms with van der Waals surface area (Å²) in [6.07, 6.45) is 9.67. The van der Waals surface area contributed by atoms with Crippen LogP contribution in [0.3, 0.4) is 0 Å². The number of aromatic hydroxyl groups is 1. The zero-order valence-electron chi connectivity index (χ0n) is 21.2. The van der Waals surface area contributed by atoms with E-state index >= 15 is 0 Å². The highest BCUT2D eigenvalue weighted by atomic mass is 16.5. The summed E-state index contributed by atoms with van der Waals surface area (Å²) in [6.45, 7) is 1.26. The molecule has 0 saturated heterocycles. The van der Waals surface area contributed by atoms with Crippen molar-refractivity contribution in [3.05, 3.63) is 90.1 Å². The summed E-state index contributed by atoms with van der Waals surface area (Å²) in [5.74, 6) is 1.24. The third-order valence-corrected chi connectivity index (χ3v) is 7.17. The van der Waals surface area contributed by atoms with Gasteiger partial charge in [-0.2, -0.15) is 0 Å². The van der Waals surface area contributed by atoms with Crippen LogP contribution in [0, 0.1) is 5.92 Å². The molecular weight excluding hydrogens is 460 g/mol. The number of carbonyl (C=O) groups excluding carboxylic acids is 1. The first-order valence-electron chi connectivity index (χ1n) is 13.3. The molecular formula is C32H34N2O3. The highest BCUT2D eigenvalue weighted by molar-refractivity contribution is 5.97. The van der Waals surface area contributed by atoms with Gasteiger partial charge in [-0.05, 0) is 84.7 Å². The predicted molar refractivity (Wildman–Crippen MR) is 148 cm³/mol. The molecule has 0 bridgehead atoms. The molecule has 5 heteroatoms. The van der Waals surface area contributed by atoms with Gasteiger partial charge in [0.15, 0.2) is 0 Å². The fraction of sp³-hybridized carbons (Fsp3) is 0.312. The summed E-state index contributed by atoms with van der Waals surface area (Å²) in [6, 6.07) is 23.4. The molecule has 1 aromatic heterocycles. The Bertz CT molecular complexity index is 1350. The zero-order valence-corrected chi connectivity index (χ0v) is 21.2. The van der Waals surface area contributed by atoms with Crippen molar-refractivity contribution in [2.75, 3.05) is 13.2 Å². The van der Waals surface area contributed by atoms with Crippen molar-refractivity contribution < 1.29 is 14.6 Å². The lowest BCUT2D eigenvalue weighted by molar-refractivity contribution is 0.0952. The summed E-state index contributed by atoms with van der Waals surface area (Å²) >= 11 is 0.